The maximum atomic E-state index is 12.7. The molecule has 0 bridgehead atoms. The number of carbonyl (C=O) groups is 2. The first kappa shape index (κ1) is 22.6. The lowest BCUT2D eigenvalue weighted by Crippen LogP contribution is -2.42. The highest BCUT2D eigenvalue weighted by atomic mass is 16.6. The topological polar surface area (TPSA) is 120 Å². The Bertz CT molecular complexity index is 1200. The number of nitrogens with zero attached hydrogens (tertiary/aromatic N) is 3. The van der Waals surface area contributed by atoms with Crippen molar-refractivity contribution in [1.29, 1.82) is 0 Å². The second kappa shape index (κ2) is 8.73. The molecule has 1 saturated heterocycles. The molecule has 3 aromatic rings. The molecule has 0 radical (unpaired) electrons. The lowest BCUT2D eigenvalue weighted by atomic mass is 9.88. The van der Waals surface area contributed by atoms with Gasteiger partial charge < -0.3 is 20.1 Å². The van der Waals surface area contributed by atoms with Crippen LogP contribution < -0.4 is 5.32 Å². The molecule has 1 aliphatic heterocycles. The number of pyridine rings is 1. The molecule has 2 amide bonds. The summed E-state index contributed by atoms with van der Waals surface area (Å²) >= 11 is 0. The van der Waals surface area contributed by atoms with Crippen molar-refractivity contribution in [2.45, 2.75) is 52.1 Å². The van der Waals surface area contributed by atoms with Crippen LogP contribution in [0.5, 0.6) is 5.75 Å². The molecule has 0 saturated carbocycles. The molecule has 0 aliphatic carbocycles. The van der Waals surface area contributed by atoms with Crippen LogP contribution in [-0.4, -0.2) is 55.9 Å². The predicted octanol–water partition coefficient (Wildman–Crippen LogP) is 4.40. The first-order valence-electron chi connectivity index (χ1n) is 11.1. The number of fused-ring (bicyclic) bond motifs is 1. The number of phenols is 1. The van der Waals surface area contributed by atoms with E-state index in [2.05, 4.69) is 20.5 Å². The number of hydrogen-bond donors (Lipinski definition) is 3. The van der Waals surface area contributed by atoms with Crippen LogP contribution in [0.1, 0.15) is 52.0 Å². The molecule has 174 valence electrons. The number of aromatic hydroxyl groups is 1. The normalized spacial score (nSPS) is 16.6. The van der Waals surface area contributed by atoms with Gasteiger partial charge in [-0.25, -0.2) is 9.78 Å². The monoisotopic (exact) mass is 451 g/mol. The number of benzene rings is 1. The van der Waals surface area contributed by atoms with Crippen LogP contribution >= 0.6 is 0 Å². The van der Waals surface area contributed by atoms with Crippen molar-refractivity contribution in [1.82, 2.24) is 20.1 Å². The molecule has 33 heavy (non-hydrogen) atoms. The van der Waals surface area contributed by atoms with Crippen LogP contribution in [0, 0.1) is 0 Å². The van der Waals surface area contributed by atoms with Gasteiger partial charge in [-0.2, -0.15) is 5.10 Å². The number of ether oxygens (including phenoxy) is 1. The van der Waals surface area contributed by atoms with Crippen molar-refractivity contribution in [3.05, 3.63) is 35.9 Å². The van der Waals surface area contributed by atoms with E-state index >= 15 is 0 Å². The first-order chi connectivity index (χ1) is 15.6. The van der Waals surface area contributed by atoms with Gasteiger partial charge in [0.2, 0.25) is 5.91 Å². The number of phenolic OH excluding ortho intramolecular Hbond substituents is 1. The zero-order valence-electron chi connectivity index (χ0n) is 19.3. The van der Waals surface area contributed by atoms with E-state index in [4.69, 9.17) is 4.74 Å². The summed E-state index contributed by atoms with van der Waals surface area (Å²) in [6.45, 7) is 8.07. The highest BCUT2D eigenvalue weighted by molar-refractivity contribution is 6.00. The van der Waals surface area contributed by atoms with Crippen LogP contribution in [0.15, 0.2) is 30.3 Å². The van der Waals surface area contributed by atoms with Gasteiger partial charge in [0.1, 0.15) is 11.4 Å². The number of aromatic amines is 1. The second-order valence-electron chi connectivity index (χ2n) is 9.36. The zero-order chi connectivity index (χ0) is 23.8. The Balaban J connectivity index is 1.78. The standard InChI is InChI=1S/C24H29N5O4/c1-14(30)25-21-20-17(15-8-7-11-29(13-15)23(32)33-24(2,3)4)12-18(26-22(20)28-27-21)16-9-5-6-10-19(16)31/h5-6,9-10,12,15,31H,7-8,11,13H2,1-4H3,(H2,25,26,27,28,30). The summed E-state index contributed by atoms with van der Waals surface area (Å²) in [6, 6.07) is 8.92. The van der Waals surface area contributed by atoms with E-state index in [0.29, 0.717) is 41.2 Å². The van der Waals surface area contributed by atoms with Crippen molar-refractivity contribution >= 4 is 28.9 Å². The number of nitrogens with one attached hydrogen (secondary N) is 2. The number of likely N-dealkylation sites (tertiary alicyclic amines) is 1. The third-order valence-corrected chi connectivity index (χ3v) is 5.55. The van der Waals surface area contributed by atoms with Crippen LogP contribution in [0.25, 0.3) is 22.3 Å². The Morgan fingerprint density at radius 3 is 2.73 bits per heavy atom. The van der Waals surface area contributed by atoms with Gasteiger partial charge in [0, 0.05) is 31.5 Å². The average Bonchev–Trinajstić information content (AvgIpc) is 3.14. The number of piperidine rings is 1. The van der Waals surface area contributed by atoms with E-state index in [1.807, 2.05) is 32.9 Å². The summed E-state index contributed by atoms with van der Waals surface area (Å²) in [5.74, 6) is 0.263. The summed E-state index contributed by atoms with van der Waals surface area (Å²) in [7, 11) is 0. The van der Waals surface area contributed by atoms with E-state index < -0.39 is 5.60 Å². The molecule has 9 nitrogen and oxygen atoms in total. The fourth-order valence-corrected chi connectivity index (χ4v) is 4.19. The summed E-state index contributed by atoms with van der Waals surface area (Å²) in [4.78, 5) is 30.9. The van der Waals surface area contributed by atoms with E-state index in [0.717, 1.165) is 18.4 Å². The second-order valence-corrected chi connectivity index (χ2v) is 9.36. The van der Waals surface area contributed by atoms with Crippen molar-refractivity contribution < 1.29 is 19.4 Å². The van der Waals surface area contributed by atoms with Crippen LogP contribution in [0.3, 0.4) is 0 Å². The molecule has 1 aliphatic rings. The van der Waals surface area contributed by atoms with Gasteiger partial charge in [-0.05, 0) is 57.4 Å². The fourth-order valence-electron chi connectivity index (χ4n) is 4.19. The largest absolute Gasteiger partial charge is 0.507 e. The van der Waals surface area contributed by atoms with Crippen molar-refractivity contribution in [3.63, 3.8) is 0 Å². The lowest BCUT2D eigenvalue weighted by Gasteiger charge is -2.34. The minimum absolute atomic E-state index is 0.0218. The number of amides is 2. The lowest BCUT2D eigenvalue weighted by molar-refractivity contribution is -0.114. The summed E-state index contributed by atoms with van der Waals surface area (Å²) < 4.78 is 5.59. The van der Waals surface area contributed by atoms with Gasteiger partial charge in [-0.15, -0.1) is 0 Å². The quantitative estimate of drug-likeness (QED) is 0.543. The van der Waals surface area contributed by atoms with Crippen LogP contribution in [0.4, 0.5) is 10.6 Å². The Morgan fingerprint density at radius 2 is 2.03 bits per heavy atom. The highest BCUT2D eigenvalue weighted by Crippen LogP contribution is 2.38. The Kier molecular flexibility index (Phi) is 5.97. The van der Waals surface area contributed by atoms with Gasteiger partial charge in [-0.3, -0.25) is 9.89 Å². The predicted molar refractivity (Wildman–Crippen MR) is 125 cm³/mol. The molecule has 1 atom stereocenters. The average molecular weight is 452 g/mol. The van der Waals surface area contributed by atoms with Crippen LogP contribution in [0.2, 0.25) is 0 Å². The fraction of sp³-hybridized carbons (Fsp3) is 0.417. The van der Waals surface area contributed by atoms with Gasteiger partial charge in [0.05, 0.1) is 11.1 Å². The number of para-hydroxylation sites is 1. The van der Waals surface area contributed by atoms with Crippen molar-refractivity contribution in [2.24, 2.45) is 0 Å². The zero-order valence-corrected chi connectivity index (χ0v) is 19.3. The minimum Gasteiger partial charge on any atom is -0.507 e. The smallest absolute Gasteiger partial charge is 0.410 e. The molecule has 4 rings (SSSR count). The summed E-state index contributed by atoms with van der Waals surface area (Å²) in [5, 5.41) is 21.0. The molecule has 1 fully saturated rings. The molecule has 1 aromatic carbocycles. The van der Waals surface area contributed by atoms with Gasteiger partial charge >= 0.3 is 6.09 Å². The molecule has 9 heteroatoms. The third-order valence-electron chi connectivity index (χ3n) is 5.55. The van der Waals surface area contributed by atoms with E-state index in [9.17, 15) is 14.7 Å². The number of hydrogen-bond acceptors (Lipinski definition) is 6. The molecular weight excluding hydrogens is 422 g/mol. The highest BCUT2D eigenvalue weighted by Gasteiger charge is 2.31. The first-order valence-corrected chi connectivity index (χ1v) is 11.1. The number of aromatic nitrogens is 3. The Morgan fingerprint density at radius 1 is 1.27 bits per heavy atom. The number of anilines is 1. The van der Waals surface area contributed by atoms with Crippen molar-refractivity contribution in [2.75, 3.05) is 18.4 Å². The SMILES string of the molecule is CC(=O)Nc1n[nH]c2nc(-c3ccccc3O)cc(C3CCCN(C(=O)OC(C)(C)C)C3)c12. The molecule has 1 unspecified atom stereocenters. The third kappa shape index (κ3) is 4.92. The molecule has 3 N–H and O–H groups in total. The maximum absolute atomic E-state index is 12.7. The summed E-state index contributed by atoms with van der Waals surface area (Å²) in [5.41, 5.74) is 2.02. The molecule has 3 heterocycles. The van der Waals surface area contributed by atoms with E-state index in [1.165, 1.54) is 6.92 Å². The Hall–Kier alpha value is -3.62. The minimum atomic E-state index is -0.574. The number of carbonyl (C=O) groups excluding carboxylic acids is 2. The van der Waals surface area contributed by atoms with Gasteiger partial charge in [0.15, 0.2) is 11.5 Å². The molecule has 0 spiro atoms. The van der Waals surface area contributed by atoms with E-state index in [1.54, 1.807) is 23.1 Å². The van der Waals surface area contributed by atoms with Gasteiger partial charge in [-0.1, -0.05) is 12.1 Å². The Labute approximate surface area is 192 Å². The van der Waals surface area contributed by atoms with E-state index in [-0.39, 0.29) is 23.7 Å². The number of H-pyrrole nitrogens is 1. The molecule has 2 aromatic heterocycles. The van der Waals surface area contributed by atoms with Gasteiger partial charge in [0.25, 0.3) is 0 Å². The summed E-state index contributed by atoms with van der Waals surface area (Å²) in [6.07, 6.45) is 1.32. The van der Waals surface area contributed by atoms with Crippen molar-refractivity contribution in [3.8, 4) is 17.0 Å². The van der Waals surface area contributed by atoms with Crippen LogP contribution in [-0.2, 0) is 9.53 Å². The molecular formula is C24H29N5O4. The maximum Gasteiger partial charge on any atom is 0.410 e. The number of rotatable bonds is 3.